The summed E-state index contributed by atoms with van der Waals surface area (Å²) in [6.45, 7) is 5.04. The predicted octanol–water partition coefficient (Wildman–Crippen LogP) is 3.79. The van der Waals surface area contributed by atoms with Crippen LogP contribution < -0.4 is 10.1 Å². The number of aromatic nitrogens is 4. The maximum atomic E-state index is 12.9. The van der Waals surface area contributed by atoms with Gasteiger partial charge in [-0.3, -0.25) is 0 Å². The first-order chi connectivity index (χ1) is 12.3. The van der Waals surface area contributed by atoms with Gasteiger partial charge in [0.25, 0.3) is 5.82 Å². The van der Waals surface area contributed by atoms with Gasteiger partial charge in [-0.2, -0.15) is 17.7 Å². The Kier molecular flexibility index (Phi) is 4.97. The molecule has 1 aromatic carbocycles. The van der Waals surface area contributed by atoms with E-state index in [9.17, 15) is 13.2 Å². The van der Waals surface area contributed by atoms with Gasteiger partial charge in [0.2, 0.25) is 0 Å². The van der Waals surface area contributed by atoms with Crippen LogP contribution in [0.15, 0.2) is 36.4 Å². The first kappa shape index (κ1) is 18.0. The van der Waals surface area contributed by atoms with E-state index in [0.29, 0.717) is 23.6 Å². The van der Waals surface area contributed by atoms with Crippen molar-refractivity contribution in [2.45, 2.75) is 26.6 Å². The van der Waals surface area contributed by atoms with Crippen LogP contribution in [0.2, 0.25) is 0 Å². The SMILES string of the molecule is CC(C)COc1ccccc1CNc1ccc2nnc(C(F)(F)F)n2n1. The molecule has 138 valence electrons. The number of benzene rings is 1. The number of halogens is 3. The zero-order chi connectivity index (χ0) is 18.7. The van der Waals surface area contributed by atoms with Crippen LogP contribution in [0.1, 0.15) is 25.2 Å². The third-order valence-electron chi connectivity index (χ3n) is 3.52. The van der Waals surface area contributed by atoms with E-state index in [1.165, 1.54) is 6.07 Å². The third kappa shape index (κ3) is 4.04. The molecule has 0 aliphatic rings. The highest BCUT2D eigenvalue weighted by Gasteiger charge is 2.37. The molecule has 0 radical (unpaired) electrons. The van der Waals surface area contributed by atoms with Crippen molar-refractivity contribution in [3.8, 4) is 5.75 Å². The molecule has 6 nitrogen and oxygen atoms in total. The average Bonchev–Trinajstić information content (AvgIpc) is 3.02. The Morgan fingerprint density at radius 2 is 1.88 bits per heavy atom. The van der Waals surface area contributed by atoms with Crippen LogP contribution in [0.3, 0.4) is 0 Å². The molecule has 2 heterocycles. The molecule has 9 heteroatoms. The molecule has 3 rings (SSSR count). The van der Waals surface area contributed by atoms with Crippen LogP contribution in [0.4, 0.5) is 19.0 Å². The summed E-state index contributed by atoms with van der Waals surface area (Å²) in [4.78, 5) is 0. The summed E-state index contributed by atoms with van der Waals surface area (Å²) in [6, 6.07) is 10.5. The van der Waals surface area contributed by atoms with Crippen LogP contribution in [0.5, 0.6) is 5.75 Å². The van der Waals surface area contributed by atoms with Crippen molar-refractivity contribution in [1.29, 1.82) is 0 Å². The van der Waals surface area contributed by atoms with Crippen LogP contribution in [0.25, 0.3) is 5.65 Å². The van der Waals surface area contributed by atoms with Gasteiger partial charge in [0, 0.05) is 12.1 Å². The minimum absolute atomic E-state index is 0.0311. The summed E-state index contributed by atoms with van der Waals surface area (Å²) in [5.41, 5.74) is 0.915. The van der Waals surface area contributed by atoms with Gasteiger partial charge in [-0.15, -0.1) is 15.3 Å². The summed E-state index contributed by atoms with van der Waals surface area (Å²) < 4.78 is 45.3. The highest BCUT2D eigenvalue weighted by Crippen LogP contribution is 2.27. The van der Waals surface area contributed by atoms with Gasteiger partial charge >= 0.3 is 6.18 Å². The van der Waals surface area contributed by atoms with Crippen molar-refractivity contribution in [3.05, 3.63) is 47.8 Å². The van der Waals surface area contributed by atoms with Crippen molar-refractivity contribution in [1.82, 2.24) is 19.8 Å². The number of rotatable bonds is 6. The van der Waals surface area contributed by atoms with Gasteiger partial charge < -0.3 is 10.1 Å². The molecule has 0 aliphatic heterocycles. The van der Waals surface area contributed by atoms with E-state index in [1.807, 2.05) is 24.3 Å². The maximum Gasteiger partial charge on any atom is 0.453 e. The smallest absolute Gasteiger partial charge is 0.453 e. The molecule has 0 unspecified atom stereocenters. The molecule has 0 spiro atoms. The summed E-state index contributed by atoms with van der Waals surface area (Å²) in [5.74, 6) is 0.239. The Morgan fingerprint density at radius 1 is 1.12 bits per heavy atom. The molecule has 0 fully saturated rings. The van der Waals surface area contributed by atoms with Gasteiger partial charge in [0.1, 0.15) is 11.6 Å². The number of nitrogens with zero attached hydrogens (tertiary/aromatic N) is 4. The zero-order valence-electron chi connectivity index (χ0n) is 14.3. The Labute approximate surface area is 148 Å². The largest absolute Gasteiger partial charge is 0.493 e. The number of hydrogen-bond donors (Lipinski definition) is 1. The van der Waals surface area contributed by atoms with E-state index >= 15 is 0 Å². The fourth-order valence-electron chi connectivity index (χ4n) is 2.29. The molecule has 0 atom stereocenters. The van der Waals surface area contributed by atoms with Gasteiger partial charge in [-0.1, -0.05) is 32.0 Å². The predicted molar refractivity (Wildman–Crippen MR) is 89.9 cm³/mol. The summed E-state index contributed by atoms with van der Waals surface area (Å²) >= 11 is 0. The number of ether oxygens (including phenoxy) is 1. The van der Waals surface area contributed by atoms with E-state index in [1.54, 1.807) is 6.07 Å². The van der Waals surface area contributed by atoms with E-state index in [-0.39, 0.29) is 11.5 Å². The summed E-state index contributed by atoms with van der Waals surface area (Å²) in [7, 11) is 0. The minimum Gasteiger partial charge on any atom is -0.493 e. The Bertz CT molecular complexity index is 891. The van der Waals surface area contributed by atoms with Gasteiger partial charge in [-0.05, 0) is 24.1 Å². The lowest BCUT2D eigenvalue weighted by molar-refractivity contribution is -0.146. The Morgan fingerprint density at radius 3 is 2.62 bits per heavy atom. The fraction of sp³-hybridized carbons (Fsp3) is 0.353. The van der Waals surface area contributed by atoms with Crippen molar-refractivity contribution < 1.29 is 17.9 Å². The highest BCUT2D eigenvalue weighted by molar-refractivity contribution is 5.45. The Hall–Kier alpha value is -2.84. The molecule has 0 bridgehead atoms. The van der Waals surface area contributed by atoms with Gasteiger partial charge in [0.15, 0.2) is 5.65 Å². The molecular weight excluding hydrogens is 347 g/mol. The van der Waals surface area contributed by atoms with Crippen molar-refractivity contribution >= 4 is 11.5 Å². The highest BCUT2D eigenvalue weighted by atomic mass is 19.4. The average molecular weight is 365 g/mol. The number of fused-ring (bicyclic) bond motifs is 1. The van der Waals surface area contributed by atoms with Crippen molar-refractivity contribution in [2.24, 2.45) is 5.92 Å². The number of para-hydroxylation sites is 1. The molecular formula is C17H18F3N5O. The van der Waals surface area contributed by atoms with Crippen LogP contribution >= 0.6 is 0 Å². The van der Waals surface area contributed by atoms with Crippen LogP contribution in [-0.2, 0) is 12.7 Å². The lowest BCUT2D eigenvalue weighted by Crippen LogP contribution is -2.13. The van der Waals surface area contributed by atoms with Crippen LogP contribution in [0, 0.1) is 5.92 Å². The monoisotopic (exact) mass is 365 g/mol. The van der Waals surface area contributed by atoms with E-state index in [4.69, 9.17) is 4.74 Å². The zero-order valence-corrected chi connectivity index (χ0v) is 14.3. The third-order valence-corrected chi connectivity index (χ3v) is 3.52. The summed E-state index contributed by atoms with van der Waals surface area (Å²) in [6.07, 6.45) is -4.62. The molecule has 0 saturated heterocycles. The molecule has 26 heavy (non-hydrogen) atoms. The summed E-state index contributed by atoms with van der Waals surface area (Å²) in [5, 5.41) is 13.6. The van der Waals surface area contributed by atoms with E-state index in [0.717, 1.165) is 11.3 Å². The van der Waals surface area contributed by atoms with Crippen molar-refractivity contribution in [2.75, 3.05) is 11.9 Å². The number of nitrogens with one attached hydrogen (secondary N) is 1. The van der Waals surface area contributed by atoms with E-state index in [2.05, 4.69) is 34.5 Å². The number of alkyl halides is 3. The molecule has 1 N–H and O–H groups in total. The topological polar surface area (TPSA) is 64.3 Å². The second-order valence-corrected chi connectivity index (χ2v) is 6.18. The molecule has 3 aromatic rings. The first-order valence-electron chi connectivity index (χ1n) is 8.09. The lowest BCUT2D eigenvalue weighted by atomic mass is 10.2. The lowest BCUT2D eigenvalue weighted by Gasteiger charge is -2.14. The van der Waals surface area contributed by atoms with Gasteiger partial charge in [-0.25, -0.2) is 0 Å². The first-order valence-corrected chi connectivity index (χ1v) is 8.09. The second-order valence-electron chi connectivity index (χ2n) is 6.18. The molecule has 0 saturated carbocycles. The Balaban J connectivity index is 1.78. The molecule has 2 aromatic heterocycles. The molecule has 0 amide bonds. The maximum absolute atomic E-state index is 12.9. The van der Waals surface area contributed by atoms with Crippen molar-refractivity contribution in [3.63, 3.8) is 0 Å². The standard InChI is InChI=1S/C17H18F3N5O/c1-11(2)10-26-13-6-4-3-5-12(13)9-21-14-7-8-15-22-23-16(17(18,19)20)25(15)24-14/h3-8,11H,9-10H2,1-2H3,(H,21,24). The fourth-order valence-corrected chi connectivity index (χ4v) is 2.29. The normalized spacial score (nSPS) is 11.9. The second kappa shape index (κ2) is 7.19. The van der Waals surface area contributed by atoms with Crippen LogP contribution in [-0.4, -0.2) is 26.4 Å². The quantitative estimate of drug-likeness (QED) is 0.720. The van der Waals surface area contributed by atoms with Gasteiger partial charge in [0.05, 0.1) is 6.61 Å². The number of hydrogen-bond acceptors (Lipinski definition) is 5. The molecule has 0 aliphatic carbocycles. The number of anilines is 1. The van der Waals surface area contributed by atoms with E-state index < -0.39 is 12.0 Å². The minimum atomic E-state index is -4.62.